The number of para-hydroxylation sites is 1. The van der Waals surface area contributed by atoms with Gasteiger partial charge < -0.3 is 4.74 Å². The van der Waals surface area contributed by atoms with Crippen LogP contribution >= 0.6 is 0 Å². The van der Waals surface area contributed by atoms with Crippen LogP contribution in [0.2, 0.25) is 0 Å². The first kappa shape index (κ1) is 12.8. The predicted molar refractivity (Wildman–Crippen MR) is 65.9 cm³/mol. The Labute approximate surface area is 97.6 Å². The van der Waals surface area contributed by atoms with Gasteiger partial charge in [-0.25, -0.2) is 0 Å². The van der Waals surface area contributed by atoms with Crippen LogP contribution in [0.15, 0.2) is 24.3 Å². The normalized spacial score (nSPS) is 12.2. The molecule has 2 nitrogen and oxygen atoms in total. The zero-order chi connectivity index (χ0) is 12.0. The van der Waals surface area contributed by atoms with Crippen molar-refractivity contribution in [3.05, 3.63) is 29.8 Å². The van der Waals surface area contributed by atoms with E-state index in [0.29, 0.717) is 12.3 Å². The van der Waals surface area contributed by atoms with Gasteiger partial charge in [0.1, 0.15) is 12.4 Å². The summed E-state index contributed by atoms with van der Waals surface area (Å²) in [6.07, 6.45) is 1.60. The molecule has 0 aromatic heterocycles. The van der Waals surface area contributed by atoms with E-state index >= 15 is 0 Å². The molecule has 0 N–H and O–H groups in total. The molecule has 0 aliphatic carbocycles. The number of ketones is 1. The zero-order valence-electron chi connectivity index (χ0n) is 10.3. The zero-order valence-corrected chi connectivity index (χ0v) is 10.3. The molecule has 1 unspecified atom stereocenters. The Bertz CT molecular complexity index is 344. The molecule has 1 aromatic carbocycles. The number of carbonyl (C=O) groups excluding carboxylic acids is 1. The maximum atomic E-state index is 11.2. The van der Waals surface area contributed by atoms with E-state index in [1.807, 2.05) is 25.1 Å². The standard InChI is InChI=1S/C14H20O2/c1-4-11(3)13-8-6-7-9-14(13)16-10-12(15)5-2/h6-9,11H,4-5,10H2,1-3H3. The van der Waals surface area contributed by atoms with Crippen LogP contribution in [0.25, 0.3) is 0 Å². The Hall–Kier alpha value is -1.31. The number of hydrogen-bond acceptors (Lipinski definition) is 2. The van der Waals surface area contributed by atoms with E-state index < -0.39 is 0 Å². The molecule has 1 rings (SSSR count). The highest BCUT2D eigenvalue weighted by Crippen LogP contribution is 2.28. The largest absolute Gasteiger partial charge is 0.486 e. The highest BCUT2D eigenvalue weighted by molar-refractivity contribution is 5.79. The van der Waals surface area contributed by atoms with Gasteiger partial charge in [0, 0.05) is 6.42 Å². The summed E-state index contributed by atoms with van der Waals surface area (Å²) >= 11 is 0. The van der Waals surface area contributed by atoms with Crippen LogP contribution in [0.5, 0.6) is 5.75 Å². The fraction of sp³-hybridized carbons (Fsp3) is 0.500. The number of carbonyl (C=O) groups is 1. The summed E-state index contributed by atoms with van der Waals surface area (Å²) in [5.41, 5.74) is 1.19. The van der Waals surface area contributed by atoms with E-state index in [-0.39, 0.29) is 12.4 Å². The molecular weight excluding hydrogens is 200 g/mol. The van der Waals surface area contributed by atoms with Gasteiger partial charge in [-0.2, -0.15) is 0 Å². The van der Waals surface area contributed by atoms with Crippen LogP contribution in [0.1, 0.15) is 45.1 Å². The summed E-state index contributed by atoms with van der Waals surface area (Å²) in [7, 11) is 0. The van der Waals surface area contributed by atoms with E-state index in [0.717, 1.165) is 12.2 Å². The highest BCUT2D eigenvalue weighted by atomic mass is 16.5. The van der Waals surface area contributed by atoms with E-state index in [1.165, 1.54) is 5.56 Å². The molecule has 0 amide bonds. The number of rotatable bonds is 6. The van der Waals surface area contributed by atoms with Crippen LogP contribution in [0, 0.1) is 0 Å². The lowest BCUT2D eigenvalue weighted by Crippen LogP contribution is -2.11. The average molecular weight is 220 g/mol. The van der Waals surface area contributed by atoms with Gasteiger partial charge >= 0.3 is 0 Å². The highest BCUT2D eigenvalue weighted by Gasteiger charge is 2.10. The third-order valence-corrected chi connectivity index (χ3v) is 2.85. The topological polar surface area (TPSA) is 26.3 Å². The van der Waals surface area contributed by atoms with Gasteiger partial charge in [0.2, 0.25) is 0 Å². The lowest BCUT2D eigenvalue weighted by Gasteiger charge is -2.15. The first-order chi connectivity index (χ1) is 7.69. The summed E-state index contributed by atoms with van der Waals surface area (Å²) in [5.74, 6) is 1.45. The summed E-state index contributed by atoms with van der Waals surface area (Å²) in [4.78, 5) is 11.2. The smallest absolute Gasteiger partial charge is 0.169 e. The Balaban J connectivity index is 2.75. The molecule has 0 radical (unpaired) electrons. The fourth-order valence-electron chi connectivity index (χ4n) is 1.50. The van der Waals surface area contributed by atoms with Gasteiger partial charge in [0.25, 0.3) is 0 Å². The second-order valence-electron chi connectivity index (χ2n) is 4.03. The molecule has 0 saturated carbocycles. The minimum Gasteiger partial charge on any atom is -0.486 e. The second kappa shape index (κ2) is 6.31. The number of hydrogen-bond donors (Lipinski definition) is 0. The molecule has 0 aliphatic heterocycles. The molecular formula is C14H20O2. The van der Waals surface area contributed by atoms with Gasteiger partial charge in [0.05, 0.1) is 0 Å². The molecule has 0 heterocycles. The molecule has 1 aromatic rings. The Kier molecular flexibility index (Phi) is 5.03. The van der Waals surface area contributed by atoms with Gasteiger partial charge in [-0.15, -0.1) is 0 Å². The quantitative estimate of drug-likeness (QED) is 0.732. The predicted octanol–water partition coefficient (Wildman–Crippen LogP) is 3.56. The van der Waals surface area contributed by atoms with Crippen molar-refractivity contribution < 1.29 is 9.53 Å². The number of Topliss-reactive ketones (excluding diaryl/α,β-unsaturated/α-hetero) is 1. The van der Waals surface area contributed by atoms with Crippen molar-refractivity contribution in [3.63, 3.8) is 0 Å². The van der Waals surface area contributed by atoms with Crippen molar-refractivity contribution in [2.75, 3.05) is 6.61 Å². The molecule has 0 aliphatic rings. The Morgan fingerprint density at radius 3 is 2.62 bits per heavy atom. The van der Waals surface area contributed by atoms with E-state index in [4.69, 9.17) is 4.74 Å². The molecule has 0 spiro atoms. The van der Waals surface area contributed by atoms with Crippen LogP contribution in [0.3, 0.4) is 0 Å². The lowest BCUT2D eigenvalue weighted by molar-refractivity contribution is -0.120. The molecule has 0 bridgehead atoms. The van der Waals surface area contributed by atoms with Crippen molar-refractivity contribution in [2.45, 2.75) is 39.5 Å². The summed E-state index contributed by atoms with van der Waals surface area (Å²) in [6.45, 7) is 6.36. The fourth-order valence-corrected chi connectivity index (χ4v) is 1.50. The van der Waals surface area contributed by atoms with Crippen molar-refractivity contribution in [1.29, 1.82) is 0 Å². The maximum absolute atomic E-state index is 11.2. The van der Waals surface area contributed by atoms with Crippen molar-refractivity contribution in [2.24, 2.45) is 0 Å². The van der Waals surface area contributed by atoms with E-state index in [2.05, 4.69) is 19.9 Å². The molecule has 88 valence electrons. The van der Waals surface area contributed by atoms with E-state index in [1.54, 1.807) is 0 Å². The third-order valence-electron chi connectivity index (χ3n) is 2.85. The molecule has 1 atom stereocenters. The molecule has 0 saturated heterocycles. The van der Waals surface area contributed by atoms with Gasteiger partial charge in [-0.3, -0.25) is 4.79 Å². The molecule has 0 fully saturated rings. The summed E-state index contributed by atoms with van der Waals surface area (Å²) in [5, 5.41) is 0. The van der Waals surface area contributed by atoms with Crippen LogP contribution < -0.4 is 4.74 Å². The van der Waals surface area contributed by atoms with Crippen molar-refractivity contribution in [1.82, 2.24) is 0 Å². The van der Waals surface area contributed by atoms with Crippen LogP contribution in [-0.4, -0.2) is 12.4 Å². The third kappa shape index (κ3) is 3.37. The van der Waals surface area contributed by atoms with E-state index in [9.17, 15) is 4.79 Å². The SMILES string of the molecule is CCC(=O)COc1ccccc1C(C)CC. The number of ether oxygens (including phenoxy) is 1. The van der Waals surface area contributed by atoms with Gasteiger partial charge in [0.15, 0.2) is 5.78 Å². The number of benzene rings is 1. The molecule has 16 heavy (non-hydrogen) atoms. The van der Waals surface area contributed by atoms with Gasteiger partial charge in [-0.1, -0.05) is 39.0 Å². The van der Waals surface area contributed by atoms with Crippen molar-refractivity contribution >= 4 is 5.78 Å². The first-order valence-corrected chi connectivity index (χ1v) is 5.92. The van der Waals surface area contributed by atoms with Crippen LogP contribution in [-0.2, 0) is 4.79 Å². The summed E-state index contributed by atoms with van der Waals surface area (Å²) < 4.78 is 5.56. The maximum Gasteiger partial charge on any atom is 0.169 e. The summed E-state index contributed by atoms with van der Waals surface area (Å²) in [6, 6.07) is 7.96. The second-order valence-corrected chi connectivity index (χ2v) is 4.03. The molecule has 2 heteroatoms. The minimum atomic E-state index is 0.138. The Morgan fingerprint density at radius 1 is 1.31 bits per heavy atom. The van der Waals surface area contributed by atoms with Gasteiger partial charge in [-0.05, 0) is 24.0 Å². The van der Waals surface area contributed by atoms with Crippen molar-refractivity contribution in [3.8, 4) is 5.75 Å². The lowest BCUT2D eigenvalue weighted by atomic mass is 9.98. The van der Waals surface area contributed by atoms with Crippen LogP contribution in [0.4, 0.5) is 0 Å². The Morgan fingerprint density at radius 2 is 2.00 bits per heavy atom. The average Bonchev–Trinajstić information content (AvgIpc) is 2.35. The monoisotopic (exact) mass is 220 g/mol. The minimum absolute atomic E-state index is 0.138. The first-order valence-electron chi connectivity index (χ1n) is 5.92.